The molecule has 1 unspecified atom stereocenters. The summed E-state index contributed by atoms with van der Waals surface area (Å²) in [6, 6.07) is 7.50. The van der Waals surface area contributed by atoms with E-state index in [1.165, 1.54) is 6.20 Å². The van der Waals surface area contributed by atoms with Gasteiger partial charge in [0.15, 0.2) is 0 Å². The Morgan fingerprint density at radius 1 is 1.40 bits per heavy atom. The summed E-state index contributed by atoms with van der Waals surface area (Å²) in [5.41, 5.74) is 0.892. The first-order chi connectivity index (χ1) is 9.67. The second-order valence-corrected chi connectivity index (χ2v) is 4.34. The van der Waals surface area contributed by atoms with Crippen molar-refractivity contribution in [2.24, 2.45) is 0 Å². The average Bonchev–Trinajstić information content (AvgIpc) is 2.84. The Bertz CT molecular complexity index is 573. The molecule has 0 fully saturated rings. The van der Waals surface area contributed by atoms with Gasteiger partial charge >= 0.3 is 5.76 Å². The van der Waals surface area contributed by atoms with Crippen LogP contribution in [-0.4, -0.2) is 29.3 Å². The molecule has 0 amide bonds. The molecule has 3 N–H and O–H groups in total. The molecule has 0 saturated carbocycles. The van der Waals surface area contributed by atoms with E-state index >= 15 is 0 Å². The molecule has 6 nitrogen and oxygen atoms in total. The SMILES string of the molecule is CCOc1ccc(NCC(O)Cc2c[nH]c(=O)o2)cc1. The molecular weight excluding hydrogens is 260 g/mol. The molecule has 1 heterocycles. The van der Waals surface area contributed by atoms with Crippen LogP contribution in [-0.2, 0) is 6.42 Å². The number of ether oxygens (including phenoxy) is 1. The van der Waals surface area contributed by atoms with E-state index in [1.54, 1.807) is 0 Å². The molecule has 2 aromatic rings. The van der Waals surface area contributed by atoms with Crippen molar-refractivity contribution >= 4 is 5.69 Å². The van der Waals surface area contributed by atoms with Crippen LogP contribution in [0.4, 0.5) is 5.69 Å². The molecule has 20 heavy (non-hydrogen) atoms. The van der Waals surface area contributed by atoms with Crippen molar-refractivity contribution in [2.75, 3.05) is 18.5 Å². The van der Waals surface area contributed by atoms with Crippen LogP contribution in [0.5, 0.6) is 5.75 Å². The molecule has 1 aromatic heterocycles. The van der Waals surface area contributed by atoms with E-state index in [2.05, 4.69) is 10.3 Å². The van der Waals surface area contributed by atoms with Gasteiger partial charge in [-0.15, -0.1) is 0 Å². The fourth-order valence-electron chi connectivity index (χ4n) is 1.79. The molecule has 0 radical (unpaired) electrons. The van der Waals surface area contributed by atoms with E-state index in [4.69, 9.17) is 9.15 Å². The summed E-state index contributed by atoms with van der Waals surface area (Å²) in [5.74, 6) is 0.746. The van der Waals surface area contributed by atoms with Gasteiger partial charge in [-0.3, -0.25) is 4.98 Å². The summed E-state index contributed by atoms with van der Waals surface area (Å²) in [7, 11) is 0. The van der Waals surface area contributed by atoms with E-state index in [0.29, 0.717) is 18.9 Å². The minimum Gasteiger partial charge on any atom is -0.494 e. The van der Waals surface area contributed by atoms with Gasteiger partial charge in [0.2, 0.25) is 0 Å². The standard InChI is InChI=1S/C14H18N2O4/c1-2-19-12-5-3-10(4-6-12)15-8-11(17)7-13-9-16-14(18)20-13/h3-6,9,11,15,17H,2,7-8H2,1H3,(H,16,18). The number of benzene rings is 1. The second-order valence-electron chi connectivity index (χ2n) is 4.34. The quantitative estimate of drug-likeness (QED) is 0.712. The smallest absolute Gasteiger partial charge is 0.416 e. The lowest BCUT2D eigenvalue weighted by Gasteiger charge is -2.12. The molecule has 6 heteroatoms. The number of aliphatic hydroxyl groups is 1. The van der Waals surface area contributed by atoms with Gasteiger partial charge in [-0.05, 0) is 31.2 Å². The third-order valence-electron chi connectivity index (χ3n) is 2.72. The molecule has 0 aliphatic carbocycles. The minimum atomic E-state index is -0.638. The Labute approximate surface area is 116 Å². The lowest BCUT2D eigenvalue weighted by Crippen LogP contribution is -2.21. The molecular formula is C14H18N2O4. The van der Waals surface area contributed by atoms with Gasteiger partial charge in [0.25, 0.3) is 0 Å². The Morgan fingerprint density at radius 3 is 2.75 bits per heavy atom. The maximum absolute atomic E-state index is 10.8. The average molecular weight is 278 g/mol. The topological polar surface area (TPSA) is 87.5 Å². The number of aromatic nitrogens is 1. The number of anilines is 1. The van der Waals surface area contributed by atoms with Crippen LogP contribution in [0, 0.1) is 0 Å². The Hall–Kier alpha value is -2.21. The monoisotopic (exact) mass is 278 g/mol. The Balaban J connectivity index is 1.80. The number of H-pyrrole nitrogens is 1. The highest BCUT2D eigenvalue weighted by Gasteiger charge is 2.08. The predicted octanol–water partition coefficient (Wildman–Crippen LogP) is 1.38. The van der Waals surface area contributed by atoms with E-state index in [1.807, 2.05) is 31.2 Å². The third-order valence-corrected chi connectivity index (χ3v) is 2.72. The van der Waals surface area contributed by atoms with Crippen molar-refractivity contribution in [1.82, 2.24) is 4.98 Å². The summed E-state index contributed by atoms with van der Waals surface area (Å²) in [6.07, 6.45) is 1.10. The maximum atomic E-state index is 10.8. The largest absolute Gasteiger partial charge is 0.494 e. The minimum absolute atomic E-state index is 0.281. The highest BCUT2D eigenvalue weighted by molar-refractivity contribution is 5.46. The molecule has 0 bridgehead atoms. The van der Waals surface area contributed by atoms with E-state index in [-0.39, 0.29) is 6.42 Å². The van der Waals surface area contributed by atoms with Crippen LogP contribution < -0.4 is 15.8 Å². The van der Waals surface area contributed by atoms with Gasteiger partial charge in [-0.2, -0.15) is 0 Å². The maximum Gasteiger partial charge on any atom is 0.416 e. The molecule has 0 saturated heterocycles. The zero-order valence-corrected chi connectivity index (χ0v) is 11.3. The molecule has 108 valence electrons. The van der Waals surface area contributed by atoms with Crippen molar-refractivity contribution in [3.05, 3.63) is 46.8 Å². The lowest BCUT2D eigenvalue weighted by molar-refractivity contribution is 0.179. The van der Waals surface area contributed by atoms with Crippen molar-refractivity contribution in [1.29, 1.82) is 0 Å². The first-order valence-corrected chi connectivity index (χ1v) is 6.49. The van der Waals surface area contributed by atoms with Crippen molar-refractivity contribution < 1.29 is 14.3 Å². The molecule has 2 rings (SSSR count). The molecule has 0 aliphatic heterocycles. The first-order valence-electron chi connectivity index (χ1n) is 6.49. The van der Waals surface area contributed by atoms with Gasteiger partial charge < -0.3 is 19.6 Å². The van der Waals surface area contributed by atoms with Crippen LogP contribution in [0.3, 0.4) is 0 Å². The van der Waals surface area contributed by atoms with Crippen molar-refractivity contribution in [2.45, 2.75) is 19.4 Å². The van der Waals surface area contributed by atoms with Crippen LogP contribution >= 0.6 is 0 Å². The van der Waals surface area contributed by atoms with E-state index in [9.17, 15) is 9.90 Å². The van der Waals surface area contributed by atoms with Crippen LogP contribution in [0.1, 0.15) is 12.7 Å². The van der Waals surface area contributed by atoms with Crippen molar-refractivity contribution in [3.63, 3.8) is 0 Å². The van der Waals surface area contributed by atoms with Gasteiger partial charge in [-0.1, -0.05) is 0 Å². The molecule has 1 aromatic carbocycles. The number of nitrogens with one attached hydrogen (secondary N) is 2. The molecule has 1 atom stereocenters. The zero-order chi connectivity index (χ0) is 14.4. The fraction of sp³-hybridized carbons (Fsp3) is 0.357. The second kappa shape index (κ2) is 6.81. The third kappa shape index (κ3) is 4.17. The molecule has 0 aliphatic rings. The number of aliphatic hydroxyl groups excluding tert-OH is 1. The molecule has 0 spiro atoms. The summed E-state index contributed by atoms with van der Waals surface area (Å²) in [6.45, 7) is 2.93. The van der Waals surface area contributed by atoms with Gasteiger partial charge in [0, 0.05) is 24.8 Å². The van der Waals surface area contributed by atoms with Gasteiger partial charge in [0.1, 0.15) is 11.5 Å². The van der Waals surface area contributed by atoms with Gasteiger partial charge in [0.05, 0.1) is 12.7 Å². The predicted molar refractivity (Wildman–Crippen MR) is 75.1 cm³/mol. The van der Waals surface area contributed by atoms with E-state index < -0.39 is 11.9 Å². The van der Waals surface area contributed by atoms with Gasteiger partial charge in [-0.25, -0.2) is 4.79 Å². The van der Waals surface area contributed by atoms with Crippen LogP contribution in [0.15, 0.2) is 39.7 Å². The summed E-state index contributed by atoms with van der Waals surface area (Å²) in [4.78, 5) is 13.2. The number of hydrogen-bond acceptors (Lipinski definition) is 5. The van der Waals surface area contributed by atoms with Crippen molar-refractivity contribution in [3.8, 4) is 5.75 Å². The van der Waals surface area contributed by atoms with Crippen LogP contribution in [0.2, 0.25) is 0 Å². The van der Waals surface area contributed by atoms with Crippen LogP contribution in [0.25, 0.3) is 0 Å². The number of aromatic amines is 1. The fourth-order valence-corrected chi connectivity index (χ4v) is 1.79. The highest BCUT2D eigenvalue weighted by atomic mass is 16.5. The number of rotatable bonds is 7. The van der Waals surface area contributed by atoms with E-state index in [0.717, 1.165) is 11.4 Å². The first kappa shape index (κ1) is 14.2. The Morgan fingerprint density at radius 2 is 2.15 bits per heavy atom. The Kier molecular flexibility index (Phi) is 4.84. The zero-order valence-electron chi connectivity index (χ0n) is 11.3. The summed E-state index contributed by atoms with van der Waals surface area (Å²) < 4.78 is 10.2. The number of oxazole rings is 1. The highest BCUT2D eigenvalue weighted by Crippen LogP contribution is 2.15. The lowest BCUT2D eigenvalue weighted by atomic mass is 10.2. The number of hydrogen-bond donors (Lipinski definition) is 3. The summed E-state index contributed by atoms with van der Waals surface area (Å²) >= 11 is 0. The summed E-state index contributed by atoms with van der Waals surface area (Å²) in [5, 5.41) is 13.0. The normalized spacial score (nSPS) is 12.1.